The van der Waals surface area contributed by atoms with Crippen molar-refractivity contribution >= 4 is 5.97 Å². The lowest BCUT2D eigenvalue weighted by molar-refractivity contribution is -0.138. The van der Waals surface area contributed by atoms with Gasteiger partial charge in [0, 0.05) is 0 Å². The lowest BCUT2D eigenvalue weighted by atomic mass is 9.91. The molecule has 0 amide bonds. The second-order valence-electron chi connectivity index (χ2n) is 4.73. The van der Waals surface area contributed by atoms with Crippen LogP contribution in [-0.2, 0) is 11.2 Å². The van der Waals surface area contributed by atoms with E-state index in [1.54, 1.807) is 12.1 Å². The maximum Gasteiger partial charge on any atom is 0.311 e. The summed E-state index contributed by atoms with van der Waals surface area (Å²) in [6.07, 6.45) is 0.344. The van der Waals surface area contributed by atoms with Gasteiger partial charge in [-0.05, 0) is 42.7 Å². The Morgan fingerprint density at radius 1 is 1.14 bits per heavy atom. The van der Waals surface area contributed by atoms with Gasteiger partial charge in [-0.2, -0.15) is 0 Å². The van der Waals surface area contributed by atoms with Crippen LogP contribution in [0.5, 0.6) is 11.5 Å². The second-order valence-corrected chi connectivity index (χ2v) is 4.73. The number of carbonyl (C=O) groups is 1. The molecule has 0 aliphatic heterocycles. The molecule has 1 unspecified atom stereocenters. The van der Waals surface area contributed by atoms with Crippen molar-refractivity contribution in [2.45, 2.75) is 19.3 Å². The second kappa shape index (κ2) is 6.79. The molecule has 21 heavy (non-hydrogen) atoms. The summed E-state index contributed by atoms with van der Waals surface area (Å²) in [5.41, 5.74) is 1.52. The Morgan fingerprint density at radius 3 is 2.43 bits per heavy atom. The quantitative estimate of drug-likeness (QED) is 0.855. The van der Waals surface area contributed by atoms with Gasteiger partial charge >= 0.3 is 5.97 Å². The molecule has 0 aliphatic carbocycles. The average Bonchev–Trinajstić information content (AvgIpc) is 2.47. The van der Waals surface area contributed by atoms with E-state index in [1.165, 1.54) is 12.1 Å². The lowest BCUT2D eigenvalue weighted by Crippen LogP contribution is -2.15. The van der Waals surface area contributed by atoms with Gasteiger partial charge in [0.15, 0.2) is 0 Å². The summed E-state index contributed by atoms with van der Waals surface area (Å²) in [5.74, 6) is -0.734. The molecule has 0 aliphatic rings. The minimum Gasteiger partial charge on any atom is -0.508 e. The fourth-order valence-corrected chi connectivity index (χ4v) is 2.24. The molecule has 0 aromatic heterocycles. The van der Waals surface area contributed by atoms with E-state index in [0.717, 1.165) is 5.56 Å². The van der Waals surface area contributed by atoms with Crippen LogP contribution in [0.1, 0.15) is 24.0 Å². The van der Waals surface area contributed by atoms with Crippen LogP contribution in [-0.4, -0.2) is 22.8 Å². The van der Waals surface area contributed by atoms with Crippen LogP contribution in [0.3, 0.4) is 0 Å². The molecule has 0 heterocycles. The first-order valence-electron chi connectivity index (χ1n) is 6.84. The van der Waals surface area contributed by atoms with Crippen molar-refractivity contribution in [3.63, 3.8) is 0 Å². The molecule has 0 fully saturated rings. The zero-order chi connectivity index (χ0) is 15.2. The topological polar surface area (TPSA) is 66.8 Å². The molecule has 0 radical (unpaired) electrons. The Bertz CT molecular complexity index is 604. The Labute approximate surface area is 123 Å². The number of carboxylic acids is 1. The van der Waals surface area contributed by atoms with Gasteiger partial charge in [-0.1, -0.05) is 30.3 Å². The Hall–Kier alpha value is -2.49. The van der Waals surface area contributed by atoms with Crippen LogP contribution >= 0.6 is 0 Å². The van der Waals surface area contributed by atoms with Crippen molar-refractivity contribution in [3.05, 3.63) is 59.7 Å². The maximum atomic E-state index is 11.6. The first-order valence-corrected chi connectivity index (χ1v) is 6.84. The molecule has 4 heteroatoms. The van der Waals surface area contributed by atoms with E-state index in [9.17, 15) is 15.0 Å². The number of aromatic hydroxyl groups is 1. The normalized spacial score (nSPS) is 11.9. The highest BCUT2D eigenvalue weighted by atomic mass is 16.5. The lowest BCUT2D eigenvalue weighted by Gasteiger charge is -2.16. The number of benzene rings is 2. The van der Waals surface area contributed by atoms with Gasteiger partial charge in [-0.25, -0.2) is 0 Å². The molecule has 0 saturated carbocycles. The average molecular weight is 286 g/mol. The van der Waals surface area contributed by atoms with E-state index in [0.29, 0.717) is 24.3 Å². The number of rotatable bonds is 6. The highest BCUT2D eigenvalue weighted by Gasteiger charge is 2.21. The number of hydrogen-bond acceptors (Lipinski definition) is 3. The van der Waals surface area contributed by atoms with E-state index in [1.807, 2.05) is 31.2 Å². The van der Waals surface area contributed by atoms with Crippen LogP contribution in [0.4, 0.5) is 0 Å². The molecule has 0 saturated heterocycles. The summed E-state index contributed by atoms with van der Waals surface area (Å²) in [5, 5.41) is 18.8. The minimum atomic E-state index is -0.896. The van der Waals surface area contributed by atoms with Crippen molar-refractivity contribution in [3.8, 4) is 11.5 Å². The predicted octanol–water partition coefficient (Wildman–Crippen LogP) is 3.20. The summed E-state index contributed by atoms with van der Waals surface area (Å²) in [4.78, 5) is 11.6. The third-order valence-electron chi connectivity index (χ3n) is 3.29. The summed E-state index contributed by atoms with van der Waals surface area (Å²) < 4.78 is 5.54. The molecule has 2 N–H and O–H groups in total. The monoisotopic (exact) mass is 286 g/mol. The van der Waals surface area contributed by atoms with E-state index < -0.39 is 11.9 Å². The van der Waals surface area contributed by atoms with Crippen LogP contribution < -0.4 is 4.74 Å². The number of para-hydroxylation sites is 1. The number of carboxylic acid groups (broad SMARTS) is 1. The zero-order valence-corrected chi connectivity index (χ0v) is 11.8. The highest BCUT2D eigenvalue weighted by Crippen LogP contribution is 2.28. The predicted molar refractivity (Wildman–Crippen MR) is 79.8 cm³/mol. The third kappa shape index (κ3) is 3.75. The van der Waals surface area contributed by atoms with Gasteiger partial charge in [0.05, 0.1) is 12.5 Å². The summed E-state index contributed by atoms with van der Waals surface area (Å²) in [6, 6.07) is 13.7. The molecular formula is C17H18O4. The smallest absolute Gasteiger partial charge is 0.311 e. The maximum absolute atomic E-state index is 11.6. The van der Waals surface area contributed by atoms with Gasteiger partial charge in [-0.15, -0.1) is 0 Å². The van der Waals surface area contributed by atoms with Crippen molar-refractivity contribution in [2.24, 2.45) is 0 Å². The summed E-state index contributed by atoms with van der Waals surface area (Å²) in [7, 11) is 0. The van der Waals surface area contributed by atoms with Crippen molar-refractivity contribution in [1.29, 1.82) is 0 Å². The zero-order valence-electron chi connectivity index (χ0n) is 11.8. The van der Waals surface area contributed by atoms with E-state index in [2.05, 4.69) is 0 Å². The van der Waals surface area contributed by atoms with Crippen molar-refractivity contribution < 1.29 is 19.7 Å². The van der Waals surface area contributed by atoms with Crippen LogP contribution in [0, 0.1) is 0 Å². The van der Waals surface area contributed by atoms with Gasteiger partial charge in [0.25, 0.3) is 0 Å². The van der Waals surface area contributed by atoms with Crippen LogP contribution in [0.25, 0.3) is 0 Å². The molecule has 110 valence electrons. The van der Waals surface area contributed by atoms with E-state index in [4.69, 9.17) is 4.74 Å². The van der Waals surface area contributed by atoms with E-state index in [-0.39, 0.29) is 5.75 Å². The number of phenols is 1. The minimum absolute atomic E-state index is 0.123. The number of hydrogen-bond donors (Lipinski definition) is 2. The molecule has 0 bridgehead atoms. The van der Waals surface area contributed by atoms with Crippen molar-refractivity contribution in [2.75, 3.05) is 6.61 Å². The van der Waals surface area contributed by atoms with Crippen molar-refractivity contribution in [1.82, 2.24) is 0 Å². The number of ether oxygens (including phenoxy) is 1. The number of phenolic OH excluding ortho intramolecular Hbond substituents is 1. The number of aliphatic carboxylic acids is 1. The molecule has 2 rings (SSSR count). The molecule has 1 atom stereocenters. The first-order chi connectivity index (χ1) is 10.1. The standard InChI is InChI=1S/C17H18O4/c1-2-21-16-6-4-3-5-13(16)11-15(17(19)20)12-7-9-14(18)10-8-12/h3-10,15,18H,2,11H2,1H3,(H,19,20). The largest absolute Gasteiger partial charge is 0.508 e. The van der Waals surface area contributed by atoms with Gasteiger partial charge in [0.1, 0.15) is 11.5 Å². The molecular weight excluding hydrogens is 268 g/mol. The third-order valence-corrected chi connectivity index (χ3v) is 3.29. The van der Waals surface area contributed by atoms with E-state index >= 15 is 0 Å². The fraction of sp³-hybridized carbons (Fsp3) is 0.235. The van der Waals surface area contributed by atoms with Gasteiger partial charge in [-0.3, -0.25) is 4.79 Å². The summed E-state index contributed by atoms with van der Waals surface area (Å²) >= 11 is 0. The highest BCUT2D eigenvalue weighted by molar-refractivity contribution is 5.76. The van der Waals surface area contributed by atoms with Crippen LogP contribution in [0.15, 0.2) is 48.5 Å². The molecule has 2 aromatic carbocycles. The molecule has 0 spiro atoms. The Balaban J connectivity index is 2.29. The van der Waals surface area contributed by atoms with Crippen LogP contribution in [0.2, 0.25) is 0 Å². The van der Waals surface area contributed by atoms with Gasteiger partial charge in [0.2, 0.25) is 0 Å². The Kier molecular flexibility index (Phi) is 4.82. The van der Waals surface area contributed by atoms with Gasteiger partial charge < -0.3 is 14.9 Å². The SMILES string of the molecule is CCOc1ccccc1CC(C(=O)O)c1ccc(O)cc1. The fourth-order valence-electron chi connectivity index (χ4n) is 2.24. The Morgan fingerprint density at radius 2 is 1.81 bits per heavy atom. The molecule has 2 aromatic rings. The summed E-state index contributed by atoms with van der Waals surface area (Å²) in [6.45, 7) is 2.43. The molecule has 4 nitrogen and oxygen atoms in total. The first kappa shape index (κ1) is 14.9.